The van der Waals surface area contributed by atoms with Crippen LogP contribution in [0, 0.1) is 5.41 Å². The lowest BCUT2D eigenvalue weighted by Crippen LogP contribution is -2.41. The molecular weight excluding hydrogens is 215 g/mol. The molecule has 0 spiro atoms. The van der Waals surface area contributed by atoms with Crippen LogP contribution >= 0.6 is 0 Å². The number of allylic oxidation sites excluding steroid dienone is 1. The lowest BCUT2D eigenvalue weighted by atomic mass is 9.83. The molecule has 1 aliphatic heterocycles. The molecule has 1 heterocycles. The van der Waals surface area contributed by atoms with Crippen LogP contribution in [-0.2, 0) is 9.31 Å². The average Bonchev–Trinajstić information content (AvgIpc) is 2.34. The van der Waals surface area contributed by atoms with Crippen LogP contribution in [0.5, 0.6) is 0 Å². The molecule has 1 saturated heterocycles. The van der Waals surface area contributed by atoms with Crippen molar-refractivity contribution in [3.05, 3.63) is 11.7 Å². The molecule has 96 valence electrons. The lowest BCUT2D eigenvalue weighted by Gasteiger charge is -2.32. The van der Waals surface area contributed by atoms with Gasteiger partial charge in [0.05, 0.1) is 11.2 Å². The van der Waals surface area contributed by atoms with Crippen molar-refractivity contribution in [1.82, 2.24) is 5.32 Å². The molecular formula is C12H23BN2O2. The SMILES string of the molecule is CC(C)N/C(=C\C=N)B1OC(C)(C)C(C)(C)O1. The van der Waals surface area contributed by atoms with E-state index in [1.165, 1.54) is 6.21 Å². The summed E-state index contributed by atoms with van der Waals surface area (Å²) in [6.07, 6.45) is 2.93. The molecule has 0 aromatic rings. The molecule has 2 N–H and O–H groups in total. The van der Waals surface area contributed by atoms with Gasteiger partial charge in [0, 0.05) is 17.9 Å². The van der Waals surface area contributed by atoms with Gasteiger partial charge in [-0.1, -0.05) is 0 Å². The number of hydrogen-bond acceptors (Lipinski definition) is 4. The van der Waals surface area contributed by atoms with Gasteiger partial charge in [-0.15, -0.1) is 0 Å². The molecule has 17 heavy (non-hydrogen) atoms. The van der Waals surface area contributed by atoms with Crippen LogP contribution in [0.2, 0.25) is 0 Å². The second-order valence-electron chi connectivity index (χ2n) is 5.68. The topological polar surface area (TPSA) is 54.3 Å². The van der Waals surface area contributed by atoms with Gasteiger partial charge in [0.1, 0.15) is 0 Å². The molecule has 0 saturated carbocycles. The smallest absolute Gasteiger partial charge is 0.398 e. The Hall–Kier alpha value is -0.805. The number of rotatable bonds is 4. The van der Waals surface area contributed by atoms with Crippen LogP contribution in [-0.4, -0.2) is 30.6 Å². The van der Waals surface area contributed by atoms with Gasteiger partial charge in [-0.2, -0.15) is 0 Å². The molecule has 0 atom stereocenters. The zero-order valence-electron chi connectivity index (χ0n) is 11.6. The standard InChI is InChI=1S/C12H23BN2O2/c1-9(2)15-10(7-8-14)13-16-11(3,4)12(5,6)17-13/h7-9,14-15H,1-6H3/b10-7-,14-8?. The fourth-order valence-corrected chi connectivity index (χ4v) is 1.59. The Morgan fingerprint density at radius 2 is 1.65 bits per heavy atom. The highest BCUT2D eigenvalue weighted by Crippen LogP contribution is 2.38. The van der Waals surface area contributed by atoms with Gasteiger partial charge in [0.25, 0.3) is 0 Å². The summed E-state index contributed by atoms with van der Waals surface area (Å²) in [6, 6.07) is 0.278. The molecule has 5 heteroatoms. The molecule has 4 nitrogen and oxygen atoms in total. The summed E-state index contributed by atoms with van der Waals surface area (Å²) in [4.78, 5) is 0. The Morgan fingerprint density at radius 3 is 2.00 bits per heavy atom. The molecule has 1 fully saturated rings. The van der Waals surface area contributed by atoms with Crippen molar-refractivity contribution in [1.29, 1.82) is 5.41 Å². The monoisotopic (exact) mass is 238 g/mol. The number of hydrogen-bond donors (Lipinski definition) is 2. The molecule has 1 rings (SSSR count). The van der Waals surface area contributed by atoms with Crippen molar-refractivity contribution >= 4 is 13.3 Å². The van der Waals surface area contributed by atoms with E-state index in [2.05, 4.69) is 5.32 Å². The fraction of sp³-hybridized carbons (Fsp3) is 0.750. The molecule has 0 aliphatic carbocycles. The highest BCUT2D eigenvalue weighted by molar-refractivity contribution is 6.54. The summed E-state index contributed by atoms with van der Waals surface area (Å²) >= 11 is 0. The summed E-state index contributed by atoms with van der Waals surface area (Å²) in [7, 11) is -0.427. The van der Waals surface area contributed by atoms with E-state index in [1.54, 1.807) is 6.08 Å². The normalized spacial score (nSPS) is 23.0. The first-order valence-corrected chi connectivity index (χ1v) is 6.02. The maximum atomic E-state index is 7.19. The van der Waals surface area contributed by atoms with Crippen LogP contribution in [0.3, 0.4) is 0 Å². The first kappa shape index (κ1) is 14.3. The van der Waals surface area contributed by atoms with Gasteiger partial charge in [-0.25, -0.2) is 0 Å². The van der Waals surface area contributed by atoms with Crippen molar-refractivity contribution in [2.45, 2.75) is 58.8 Å². The minimum atomic E-state index is -0.427. The van der Waals surface area contributed by atoms with E-state index in [0.717, 1.165) is 5.60 Å². The maximum Gasteiger partial charge on any atom is 0.511 e. The predicted molar refractivity (Wildman–Crippen MR) is 71.2 cm³/mol. The van der Waals surface area contributed by atoms with E-state index >= 15 is 0 Å². The Morgan fingerprint density at radius 1 is 1.18 bits per heavy atom. The minimum absolute atomic E-state index is 0.278. The second-order valence-corrected chi connectivity index (χ2v) is 5.68. The van der Waals surface area contributed by atoms with Gasteiger partial charge >= 0.3 is 7.12 Å². The first-order chi connectivity index (χ1) is 7.69. The number of nitrogens with one attached hydrogen (secondary N) is 2. The second kappa shape index (κ2) is 4.82. The Labute approximate surface area is 104 Å². The van der Waals surface area contributed by atoms with Crippen LogP contribution in [0.15, 0.2) is 11.7 Å². The zero-order valence-corrected chi connectivity index (χ0v) is 11.6. The van der Waals surface area contributed by atoms with Gasteiger partial charge in [0.2, 0.25) is 0 Å². The molecule has 0 aromatic carbocycles. The van der Waals surface area contributed by atoms with Crippen LogP contribution in [0.4, 0.5) is 0 Å². The summed E-state index contributed by atoms with van der Waals surface area (Å²) in [6.45, 7) is 12.2. The van der Waals surface area contributed by atoms with E-state index < -0.39 is 7.12 Å². The van der Waals surface area contributed by atoms with Gasteiger partial charge in [-0.05, 0) is 47.6 Å². The summed E-state index contributed by atoms with van der Waals surface area (Å²) < 4.78 is 11.8. The first-order valence-electron chi connectivity index (χ1n) is 6.02. The quantitative estimate of drug-likeness (QED) is 0.582. The lowest BCUT2D eigenvalue weighted by molar-refractivity contribution is 0.00578. The molecule has 0 aromatic heterocycles. The molecule has 0 radical (unpaired) electrons. The summed E-state index contributed by atoms with van der Waals surface area (Å²) in [5, 5.41) is 10.4. The zero-order chi connectivity index (χ0) is 13.3. The highest BCUT2D eigenvalue weighted by atomic mass is 16.7. The van der Waals surface area contributed by atoms with Gasteiger partial charge in [-0.3, -0.25) is 0 Å². The van der Waals surface area contributed by atoms with Crippen LogP contribution < -0.4 is 5.32 Å². The van der Waals surface area contributed by atoms with Crippen molar-refractivity contribution in [3.63, 3.8) is 0 Å². The molecule has 0 unspecified atom stereocenters. The highest BCUT2D eigenvalue weighted by Gasteiger charge is 2.52. The Bertz CT molecular complexity index is 308. The summed E-state index contributed by atoms with van der Waals surface area (Å²) in [5.74, 6) is 0. The van der Waals surface area contributed by atoms with Crippen molar-refractivity contribution in [2.24, 2.45) is 0 Å². The van der Waals surface area contributed by atoms with E-state index in [0.29, 0.717) is 0 Å². The molecule has 1 aliphatic rings. The molecule has 0 bridgehead atoms. The third-order valence-corrected chi connectivity index (χ3v) is 3.23. The molecule has 0 amide bonds. The Kier molecular flexibility index (Phi) is 4.04. The predicted octanol–water partition coefficient (Wildman–Crippen LogP) is 2.15. The van der Waals surface area contributed by atoms with Crippen LogP contribution in [0.25, 0.3) is 0 Å². The largest absolute Gasteiger partial charge is 0.511 e. The van der Waals surface area contributed by atoms with Gasteiger partial charge < -0.3 is 20.0 Å². The summed E-state index contributed by atoms with van der Waals surface area (Å²) in [5.41, 5.74) is 0.100. The van der Waals surface area contributed by atoms with E-state index in [9.17, 15) is 0 Å². The van der Waals surface area contributed by atoms with E-state index in [1.807, 2.05) is 41.5 Å². The average molecular weight is 238 g/mol. The van der Waals surface area contributed by atoms with E-state index in [-0.39, 0.29) is 17.2 Å². The van der Waals surface area contributed by atoms with Crippen molar-refractivity contribution < 1.29 is 9.31 Å². The third kappa shape index (κ3) is 3.10. The van der Waals surface area contributed by atoms with Crippen LogP contribution in [0.1, 0.15) is 41.5 Å². The Balaban J connectivity index is 2.87. The van der Waals surface area contributed by atoms with Crippen molar-refractivity contribution in [3.8, 4) is 0 Å². The van der Waals surface area contributed by atoms with E-state index in [4.69, 9.17) is 14.7 Å². The fourth-order valence-electron chi connectivity index (χ4n) is 1.59. The maximum absolute atomic E-state index is 7.19. The minimum Gasteiger partial charge on any atom is -0.398 e. The van der Waals surface area contributed by atoms with Crippen molar-refractivity contribution in [2.75, 3.05) is 0 Å². The van der Waals surface area contributed by atoms with Gasteiger partial charge in [0.15, 0.2) is 0 Å². The third-order valence-electron chi connectivity index (χ3n) is 3.23.